The van der Waals surface area contributed by atoms with Crippen LogP contribution in [-0.2, 0) is 4.79 Å². The summed E-state index contributed by atoms with van der Waals surface area (Å²) >= 11 is 0. The van der Waals surface area contributed by atoms with Gasteiger partial charge in [0.1, 0.15) is 5.82 Å². The van der Waals surface area contributed by atoms with E-state index >= 15 is 0 Å². The number of hydrogen-bond acceptors (Lipinski definition) is 4. The van der Waals surface area contributed by atoms with E-state index in [4.69, 9.17) is 12.2 Å². The van der Waals surface area contributed by atoms with Crippen molar-refractivity contribution in [1.29, 1.82) is 0 Å². The Morgan fingerprint density at radius 1 is 1.53 bits per heavy atom. The number of nitrogens with one attached hydrogen (secondary N) is 1. The van der Waals surface area contributed by atoms with Crippen molar-refractivity contribution < 1.29 is 18.5 Å². The highest BCUT2D eigenvalue weighted by Crippen LogP contribution is 2.25. The average molecular weight is 269 g/mol. The maximum Gasteiger partial charge on any atom is 0.307 e. The van der Waals surface area contributed by atoms with E-state index in [0.717, 1.165) is 0 Å². The van der Waals surface area contributed by atoms with Gasteiger partial charge in [-0.25, -0.2) is 4.39 Å². The largest absolute Gasteiger partial charge is 0.322 e. The molecule has 0 aliphatic rings. The number of anilines is 1. The Labute approximate surface area is 106 Å². The van der Waals surface area contributed by atoms with Crippen molar-refractivity contribution >= 4 is 17.3 Å². The average Bonchev–Trinajstić information content (AvgIpc) is 2.32. The van der Waals surface area contributed by atoms with Gasteiger partial charge < -0.3 is 11.1 Å². The number of terminal acetylenes is 1. The zero-order valence-corrected chi connectivity index (χ0v) is 9.52. The SMILES string of the molecule is C#CCC(N)C(=O)Nc1cc([N+](=O)[O-])c(F)cc1F. The molecule has 1 aromatic rings. The van der Waals surface area contributed by atoms with E-state index in [0.29, 0.717) is 12.1 Å². The number of carbonyl (C=O) groups excluding carboxylic acids is 1. The third-order valence-corrected chi connectivity index (χ3v) is 2.17. The minimum Gasteiger partial charge on any atom is -0.322 e. The van der Waals surface area contributed by atoms with Crippen molar-refractivity contribution in [2.24, 2.45) is 5.73 Å². The Balaban J connectivity index is 3.02. The van der Waals surface area contributed by atoms with Crippen molar-refractivity contribution in [3.8, 4) is 12.3 Å². The molecule has 1 unspecified atom stereocenters. The Kier molecular flexibility index (Phi) is 4.50. The number of carbonyl (C=O) groups is 1. The third kappa shape index (κ3) is 3.46. The second kappa shape index (κ2) is 5.88. The summed E-state index contributed by atoms with van der Waals surface area (Å²) < 4.78 is 26.4. The lowest BCUT2D eigenvalue weighted by Crippen LogP contribution is -2.35. The summed E-state index contributed by atoms with van der Waals surface area (Å²) in [5, 5.41) is 12.5. The molecule has 1 amide bonds. The van der Waals surface area contributed by atoms with Gasteiger partial charge in [0, 0.05) is 18.6 Å². The van der Waals surface area contributed by atoms with Gasteiger partial charge in [0.15, 0.2) is 0 Å². The first-order valence-corrected chi connectivity index (χ1v) is 5.00. The number of halogens is 2. The van der Waals surface area contributed by atoms with E-state index in [2.05, 4.69) is 5.92 Å². The molecular weight excluding hydrogens is 260 g/mol. The van der Waals surface area contributed by atoms with Gasteiger partial charge >= 0.3 is 5.69 Å². The minimum atomic E-state index is -1.34. The maximum absolute atomic E-state index is 13.3. The van der Waals surface area contributed by atoms with Gasteiger partial charge in [0.05, 0.1) is 16.7 Å². The Bertz CT molecular complexity index is 569. The molecular formula is C11H9F2N3O3. The first-order chi connectivity index (χ1) is 8.86. The number of hydrogen-bond donors (Lipinski definition) is 2. The predicted molar refractivity (Wildman–Crippen MR) is 63.1 cm³/mol. The third-order valence-electron chi connectivity index (χ3n) is 2.17. The standard InChI is InChI=1S/C11H9F2N3O3/c1-2-3-8(14)11(17)15-9-5-10(16(18)19)7(13)4-6(9)12/h1,4-5,8H,3,14H2,(H,15,17). The number of rotatable bonds is 4. The topological polar surface area (TPSA) is 98.3 Å². The van der Waals surface area contributed by atoms with Gasteiger partial charge in [-0.15, -0.1) is 12.3 Å². The van der Waals surface area contributed by atoms with Gasteiger partial charge in [0.25, 0.3) is 0 Å². The highest BCUT2D eigenvalue weighted by molar-refractivity contribution is 5.95. The summed E-state index contributed by atoms with van der Waals surface area (Å²) in [4.78, 5) is 20.9. The van der Waals surface area contributed by atoms with Crippen molar-refractivity contribution in [2.75, 3.05) is 5.32 Å². The van der Waals surface area contributed by atoms with Crippen LogP contribution in [0.2, 0.25) is 0 Å². The molecule has 19 heavy (non-hydrogen) atoms. The summed E-state index contributed by atoms with van der Waals surface area (Å²) in [6.45, 7) is 0. The zero-order chi connectivity index (χ0) is 14.6. The molecule has 0 aromatic heterocycles. The zero-order valence-electron chi connectivity index (χ0n) is 9.52. The molecule has 1 rings (SSSR count). The fourth-order valence-electron chi connectivity index (χ4n) is 1.22. The number of nitro groups is 1. The molecule has 0 fully saturated rings. The molecule has 0 aliphatic carbocycles. The highest BCUT2D eigenvalue weighted by atomic mass is 19.1. The summed E-state index contributed by atoms with van der Waals surface area (Å²) in [5.74, 6) is -1.17. The van der Waals surface area contributed by atoms with Crippen LogP contribution in [0.1, 0.15) is 6.42 Å². The fraction of sp³-hybridized carbons (Fsp3) is 0.182. The number of nitro benzene ring substituents is 1. The molecule has 0 radical (unpaired) electrons. The van der Waals surface area contributed by atoms with E-state index in [1.54, 1.807) is 0 Å². The molecule has 1 atom stereocenters. The van der Waals surface area contributed by atoms with Crippen molar-refractivity contribution in [1.82, 2.24) is 0 Å². The van der Waals surface area contributed by atoms with E-state index < -0.39 is 39.9 Å². The molecule has 3 N–H and O–H groups in total. The van der Waals surface area contributed by atoms with Crippen LogP contribution in [0.15, 0.2) is 12.1 Å². The Morgan fingerprint density at radius 2 is 2.16 bits per heavy atom. The van der Waals surface area contributed by atoms with Crippen LogP contribution < -0.4 is 11.1 Å². The second-order valence-electron chi connectivity index (χ2n) is 3.54. The van der Waals surface area contributed by atoms with Crippen molar-refractivity contribution in [2.45, 2.75) is 12.5 Å². The van der Waals surface area contributed by atoms with Crippen LogP contribution in [-0.4, -0.2) is 16.9 Å². The quantitative estimate of drug-likeness (QED) is 0.487. The number of amides is 1. The first-order valence-electron chi connectivity index (χ1n) is 5.00. The summed E-state index contributed by atoms with van der Waals surface area (Å²) in [5.41, 5.74) is 3.88. The second-order valence-corrected chi connectivity index (χ2v) is 3.54. The Morgan fingerprint density at radius 3 is 2.68 bits per heavy atom. The van der Waals surface area contributed by atoms with E-state index in [-0.39, 0.29) is 6.42 Å². The normalized spacial score (nSPS) is 11.5. The highest BCUT2D eigenvalue weighted by Gasteiger charge is 2.21. The van der Waals surface area contributed by atoms with Crippen LogP contribution in [0.25, 0.3) is 0 Å². The first kappa shape index (κ1) is 14.5. The van der Waals surface area contributed by atoms with Crippen LogP contribution in [0, 0.1) is 34.1 Å². The monoisotopic (exact) mass is 269 g/mol. The number of nitrogens with two attached hydrogens (primary N) is 1. The molecule has 6 nitrogen and oxygen atoms in total. The lowest BCUT2D eigenvalue weighted by molar-refractivity contribution is -0.387. The van der Waals surface area contributed by atoms with E-state index in [1.807, 2.05) is 5.32 Å². The molecule has 0 heterocycles. The van der Waals surface area contributed by atoms with Crippen LogP contribution >= 0.6 is 0 Å². The lowest BCUT2D eigenvalue weighted by Gasteiger charge is -2.10. The fourth-order valence-corrected chi connectivity index (χ4v) is 1.22. The molecule has 0 saturated heterocycles. The summed E-state index contributed by atoms with van der Waals surface area (Å²) in [7, 11) is 0. The van der Waals surface area contributed by atoms with Gasteiger partial charge in [-0.2, -0.15) is 4.39 Å². The molecule has 0 aliphatic heterocycles. The lowest BCUT2D eigenvalue weighted by atomic mass is 10.2. The van der Waals surface area contributed by atoms with Gasteiger partial charge in [-0.3, -0.25) is 14.9 Å². The van der Waals surface area contributed by atoms with E-state index in [9.17, 15) is 23.7 Å². The van der Waals surface area contributed by atoms with Crippen molar-refractivity contribution in [3.05, 3.63) is 33.9 Å². The molecule has 1 aromatic carbocycles. The molecule has 0 bridgehead atoms. The predicted octanol–water partition coefficient (Wildman–Crippen LogP) is 1.16. The summed E-state index contributed by atoms with van der Waals surface area (Å²) in [6, 6.07) is -0.209. The maximum atomic E-state index is 13.3. The number of benzene rings is 1. The van der Waals surface area contributed by atoms with Gasteiger partial charge in [0.2, 0.25) is 11.7 Å². The molecule has 0 spiro atoms. The van der Waals surface area contributed by atoms with Gasteiger partial charge in [-0.05, 0) is 0 Å². The van der Waals surface area contributed by atoms with Crippen LogP contribution in [0.5, 0.6) is 0 Å². The van der Waals surface area contributed by atoms with Crippen LogP contribution in [0.3, 0.4) is 0 Å². The number of nitrogens with zero attached hydrogens (tertiary/aromatic N) is 1. The van der Waals surface area contributed by atoms with Crippen LogP contribution in [0.4, 0.5) is 20.2 Å². The Hall–Kier alpha value is -2.53. The smallest absolute Gasteiger partial charge is 0.307 e. The minimum absolute atomic E-state index is 0.0866. The van der Waals surface area contributed by atoms with Gasteiger partial charge in [-0.1, -0.05) is 0 Å². The molecule has 0 saturated carbocycles. The molecule has 8 heteroatoms. The van der Waals surface area contributed by atoms with Crippen molar-refractivity contribution in [3.63, 3.8) is 0 Å². The summed E-state index contributed by atoms with van der Waals surface area (Å²) in [6.07, 6.45) is 4.86. The van der Waals surface area contributed by atoms with E-state index in [1.165, 1.54) is 0 Å². The molecule has 100 valence electrons.